The maximum absolute atomic E-state index is 13.5. The number of piperidine rings is 1. The van der Waals surface area contributed by atoms with E-state index in [1.165, 1.54) is 49.2 Å². The van der Waals surface area contributed by atoms with Gasteiger partial charge in [0.15, 0.2) is 11.6 Å². The lowest BCUT2D eigenvalue weighted by molar-refractivity contribution is -0.116. The summed E-state index contributed by atoms with van der Waals surface area (Å²) in [5, 5.41) is 21.4. The quantitative estimate of drug-likeness (QED) is 0.154. The van der Waals surface area contributed by atoms with E-state index >= 15 is 0 Å². The van der Waals surface area contributed by atoms with Gasteiger partial charge in [0, 0.05) is 40.9 Å². The molecular formula is C31H32FN9O2S. The Morgan fingerprint density at radius 2 is 1.82 bits per heavy atom. The molecule has 1 saturated heterocycles. The second kappa shape index (κ2) is 13.3. The van der Waals surface area contributed by atoms with Gasteiger partial charge in [-0.1, -0.05) is 12.5 Å². The first-order chi connectivity index (χ1) is 21.4. The Kier molecular flexibility index (Phi) is 8.84. The van der Waals surface area contributed by atoms with Gasteiger partial charge in [0.25, 0.3) is 5.91 Å². The van der Waals surface area contributed by atoms with E-state index < -0.39 is 11.7 Å². The molecule has 0 spiro atoms. The summed E-state index contributed by atoms with van der Waals surface area (Å²) in [5.41, 5.74) is 3.01. The highest BCUT2D eigenvalue weighted by atomic mass is 32.2. The fraction of sp³-hybridized carbons (Fsp3) is 0.258. The number of nitrogens with one attached hydrogen (secondary N) is 4. The van der Waals surface area contributed by atoms with Crippen molar-refractivity contribution in [2.45, 2.75) is 42.7 Å². The SMILES string of the molecule is Cc1cc(Nc2nc(Sc3ccc(NC(=O)c4cccc(F)c4)cc3)nn3cc(NC(=O)CCN4CCCCC4)cc23)n[nH]1. The molecule has 4 N–H and O–H groups in total. The summed E-state index contributed by atoms with van der Waals surface area (Å²) in [6.07, 6.45) is 5.83. The normalized spacial score (nSPS) is 13.6. The molecule has 5 aromatic rings. The van der Waals surface area contributed by atoms with Crippen LogP contribution in [0.15, 0.2) is 76.9 Å². The topological polar surface area (TPSA) is 132 Å². The lowest BCUT2D eigenvalue weighted by atomic mass is 10.1. The van der Waals surface area contributed by atoms with Gasteiger partial charge >= 0.3 is 0 Å². The van der Waals surface area contributed by atoms with Gasteiger partial charge < -0.3 is 20.9 Å². The van der Waals surface area contributed by atoms with Gasteiger partial charge in [-0.15, -0.1) is 5.10 Å². The predicted molar refractivity (Wildman–Crippen MR) is 168 cm³/mol. The minimum Gasteiger partial charge on any atom is -0.325 e. The van der Waals surface area contributed by atoms with Gasteiger partial charge in [-0.3, -0.25) is 14.7 Å². The number of aryl methyl sites for hydroxylation is 1. The van der Waals surface area contributed by atoms with E-state index in [-0.39, 0.29) is 11.5 Å². The van der Waals surface area contributed by atoms with E-state index in [9.17, 15) is 14.0 Å². The molecule has 44 heavy (non-hydrogen) atoms. The van der Waals surface area contributed by atoms with Crippen molar-refractivity contribution in [1.82, 2.24) is 29.7 Å². The van der Waals surface area contributed by atoms with Crippen LogP contribution in [0.4, 0.5) is 27.4 Å². The lowest BCUT2D eigenvalue weighted by Crippen LogP contribution is -2.32. The van der Waals surface area contributed by atoms with Crippen LogP contribution in [0.1, 0.15) is 41.7 Å². The fourth-order valence-corrected chi connectivity index (χ4v) is 5.75. The minimum absolute atomic E-state index is 0.0453. The molecule has 11 nitrogen and oxygen atoms in total. The van der Waals surface area contributed by atoms with Gasteiger partial charge in [0.1, 0.15) is 11.3 Å². The van der Waals surface area contributed by atoms with E-state index in [1.54, 1.807) is 28.9 Å². The summed E-state index contributed by atoms with van der Waals surface area (Å²) in [5.74, 6) is 0.219. The molecule has 4 heterocycles. The van der Waals surface area contributed by atoms with E-state index in [0.29, 0.717) is 40.1 Å². The third kappa shape index (κ3) is 7.41. The van der Waals surface area contributed by atoms with Crippen molar-refractivity contribution in [3.05, 3.63) is 83.9 Å². The van der Waals surface area contributed by atoms with Crippen molar-refractivity contribution in [3.63, 3.8) is 0 Å². The Hall–Kier alpha value is -4.75. The number of fused-ring (bicyclic) bond motifs is 1. The van der Waals surface area contributed by atoms with E-state index in [1.807, 2.05) is 31.2 Å². The number of hydrogen-bond donors (Lipinski definition) is 4. The zero-order chi connectivity index (χ0) is 30.5. The van der Waals surface area contributed by atoms with Crippen molar-refractivity contribution in [3.8, 4) is 0 Å². The molecule has 0 unspecified atom stereocenters. The third-order valence-electron chi connectivity index (χ3n) is 7.19. The number of rotatable bonds is 10. The second-order valence-corrected chi connectivity index (χ2v) is 11.7. The number of carbonyl (C=O) groups excluding carboxylic acids is 2. The van der Waals surface area contributed by atoms with Crippen LogP contribution >= 0.6 is 11.8 Å². The van der Waals surface area contributed by atoms with Crippen LogP contribution in [0.25, 0.3) is 5.52 Å². The third-order valence-corrected chi connectivity index (χ3v) is 8.06. The lowest BCUT2D eigenvalue weighted by Gasteiger charge is -2.25. The van der Waals surface area contributed by atoms with Crippen LogP contribution in [0.5, 0.6) is 0 Å². The van der Waals surface area contributed by atoms with Crippen molar-refractivity contribution >= 4 is 52.1 Å². The molecule has 2 aromatic carbocycles. The number of likely N-dealkylation sites (tertiary alicyclic amines) is 1. The van der Waals surface area contributed by atoms with Gasteiger partial charge in [0.05, 0.1) is 11.9 Å². The standard InChI is InChI=1S/C31H32FN9O2S/c1-20-16-27(38-37-20)35-29-26-18-24(33-28(42)12-15-40-13-3-2-4-14-40)19-41(26)39-31(36-29)44-25-10-8-23(9-11-25)34-30(43)21-6-5-7-22(32)17-21/h5-11,16-19H,2-4,12-15H2,1H3,(H,33,42)(H,34,43)(H2,35,36,37,38,39). The van der Waals surface area contributed by atoms with Gasteiger partial charge in [-0.2, -0.15) is 5.10 Å². The molecule has 1 aliphatic rings. The summed E-state index contributed by atoms with van der Waals surface area (Å²) in [4.78, 5) is 33.2. The summed E-state index contributed by atoms with van der Waals surface area (Å²) >= 11 is 1.34. The Balaban J connectivity index is 1.18. The number of nitrogens with zero attached hydrogens (tertiary/aromatic N) is 5. The van der Waals surface area contributed by atoms with Crippen LogP contribution in [0, 0.1) is 12.7 Å². The molecule has 1 aliphatic heterocycles. The van der Waals surface area contributed by atoms with Crippen LogP contribution in [-0.4, -0.2) is 61.1 Å². The van der Waals surface area contributed by atoms with Crippen LogP contribution in [-0.2, 0) is 4.79 Å². The number of anilines is 4. The average molecular weight is 614 g/mol. The molecule has 1 fully saturated rings. The summed E-state index contributed by atoms with van der Waals surface area (Å²) in [6, 6.07) is 16.4. The van der Waals surface area contributed by atoms with E-state index in [0.717, 1.165) is 30.2 Å². The Morgan fingerprint density at radius 1 is 1.00 bits per heavy atom. The smallest absolute Gasteiger partial charge is 0.255 e. The number of carbonyl (C=O) groups is 2. The number of halogens is 1. The van der Waals surface area contributed by atoms with Crippen molar-refractivity contribution in [2.75, 3.05) is 35.6 Å². The maximum atomic E-state index is 13.5. The fourth-order valence-electron chi connectivity index (χ4n) is 5.00. The number of amides is 2. The number of hydrogen-bond acceptors (Lipinski definition) is 8. The molecule has 0 atom stereocenters. The van der Waals surface area contributed by atoms with Crippen molar-refractivity contribution in [2.24, 2.45) is 0 Å². The minimum atomic E-state index is -0.470. The largest absolute Gasteiger partial charge is 0.325 e. The molecular weight excluding hydrogens is 581 g/mol. The highest BCUT2D eigenvalue weighted by molar-refractivity contribution is 7.99. The monoisotopic (exact) mass is 613 g/mol. The maximum Gasteiger partial charge on any atom is 0.255 e. The van der Waals surface area contributed by atoms with Gasteiger partial charge in [0.2, 0.25) is 11.1 Å². The molecule has 2 amide bonds. The number of H-pyrrole nitrogens is 1. The highest BCUT2D eigenvalue weighted by Gasteiger charge is 2.16. The summed E-state index contributed by atoms with van der Waals surface area (Å²) in [7, 11) is 0. The average Bonchev–Trinajstić information content (AvgIpc) is 3.62. The molecule has 3 aromatic heterocycles. The van der Waals surface area contributed by atoms with Crippen LogP contribution in [0.2, 0.25) is 0 Å². The van der Waals surface area contributed by atoms with Crippen LogP contribution < -0.4 is 16.0 Å². The second-order valence-electron chi connectivity index (χ2n) is 10.7. The number of aromatic amines is 1. The van der Waals surface area contributed by atoms with Gasteiger partial charge in [-0.25, -0.2) is 13.9 Å². The molecule has 13 heteroatoms. The van der Waals surface area contributed by atoms with E-state index in [4.69, 9.17) is 4.98 Å². The first kappa shape index (κ1) is 29.3. The first-order valence-corrected chi connectivity index (χ1v) is 15.3. The summed E-state index contributed by atoms with van der Waals surface area (Å²) in [6.45, 7) is 4.76. The molecule has 6 rings (SSSR count). The molecule has 0 radical (unpaired) electrons. The number of benzene rings is 2. The zero-order valence-corrected chi connectivity index (χ0v) is 25.0. The molecule has 226 valence electrons. The Labute approximate surface area is 257 Å². The van der Waals surface area contributed by atoms with Gasteiger partial charge in [-0.05, 0) is 93.1 Å². The van der Waals surface area contributed by atoms with Crippen molar-refractivity contribution < 1.29 is 14.0 Å². The zero-order valence-electron chi connectivity index (χ0n) is 24.1. The first-order valence-electron chi connectivity index (χ1n) is 14.4. The Morgan fingerprint density at radius 3 is 2.57 bits per heavy atom. The Bertz CT molecular complexity index is 1780. The molecule has 0 bridgehead atoms. The summed E-state index contributed by atoms with van der Waals surface area (Å²) < 4.78 is 15.2. The predicted octanol–water partition coefficient (Wildman–Crippen LogP) is 5.86. The molecule has 0 saturated carbocycles. The number of aromatic nitrogens is 5. The molecule has 0 aliphatic carbocycles. The van der Waals surface area contributed by atoms with E-state index in [2.05, 4.69) is 36.1 Å². The highest BCUT2D eigenvalue weighted by Crippen LogP contribution is 2.30. The van der Waals surface area contributed by atoms with Crippen LogP contribution in [0.3, 0.4) is 0 Å². The van der Waals surface area contributed by atoms with Crippen molar-refractivity contribution in [1.29, 1.82) is 0 Å².